The van der Waals surface area contributed by atoms with Crippen LogP contribution in [0.5, 0.6) is 0 Å². The van der Waals surface area contributed by atoms with Crippen molar-refractivity contribution >= 4 is 16.9 Å². The van der Waals surface area contributed by atoms with E-state index in [1.54, 1.807) is 12.3 Å². The summed E-state index contributed by atoms with van der Waals surface area (Å²) >= 11 is 0. The fourth-order valence-corrected chi connectivity index (χ4v) is 4.96. The minimum Gasteiger partial charge on any atom is -0.448 e. The van der Waals surface area contributed by atoms with Gasteiger partial charge in [0.05, 0.1) is 30.8 Å². The predicted octanol–water partition coefficient (Wildman–Crippen LogP) is 2.07. The Kier molecular flexibility index (Phi) is 5.23. The molecular formula is C23H28N4O3. The maximum Gasteiger partial charge on any atom is 0.272 e. The zero-order chi connectivity index (χ0) is 20.6. The first kappa shape index (κ1) is 19.6. The Morgan fingerprint density at radius 2 is 2.10 bits per heavy atom. The van der Waals surface area contributed by atoms with Crippen LogP contribution in [0.1, 0.15) is 42.4 Å². The van der Waals surface area contributed by atoms with Crippen LogP contribution in [0.15, 0.2) is 22.7 Å². The number of carbonyl (C=O) groups excluding carboxylic acids is 1. The van der Waals surface area contributed by atoms with Gasteiger partial charge in [-0.1, -0.05) is 5.92 Å². The van der Waals surface area contributed by atoms with Gasteiger partial charge in [0.25, 0.3) is 5.91 Å². The van der Waals surface area contributed by atoms with E-state index in [4.69, 9.17) is 9.15 Å². The van der Waals surface area contributed by atoms with Gasteiger partial charge in [0.15, 0.2) is 5.76 Å². The minimum absolute atomic E-state index is 0.149. The summed E-state index contributed by atoms with van der Waals surface area (Å²) in [5.74, 6) is 7.38. The van der Waals surface area contributed by atoms with E-state index in [-0.39, 0.29) is 11.6 Å². The molecule has 1 N–H and O–H groups in total. The smallest absolute Gasteiger partial charge is 0.272 e. The number of hydrogen-bond acceptors (Lipinski definition) is 6. The Morgan fingerprint density at radius 1 is 1.30 bits per heavy atom. The molecular weight excluding hydrogens is 380 g/mol. The number of nitrogens with one attached hydrogen (secondary N) is 1. The van der Waals surface area contributed by atoms with Crippen LogP contribution in [-0.4, -0.2) is 72.3 Å². The second-order valence-corrected chi connectivity index (χ2v) is 8.73. The summed E-state index contributed by atoms with van der Waals surface area (Å²) in [4.78, 5) is 22.2. The molecule has 4 aliphatic heterocycles. The molecule has 4 aliphatic rings. The molecule has 158 valence electrons. The lowest BCUT2D eigenvalue weighted by Crippen LogP contribution is -2.65. The maximum atomic E-state index is 13.1. The van der Waals surface area contributed by atoms with Crippen molar-refractivity contribution in [3.63, 3.8) is 0 Å². The highest BCUT2D eigenvalue weighted by molar-refractivity contribution is 6.04. The summed E-state index contributed by atoms with van der Waals surface area (Å²) in [5, 5.41) is 3.97. The van der Waals surface area contributed by atoms with E-state index >= 15 is 0 Å². The van der Waals surface area contributed by atoms with E-state index in [9.17, 15) is 4.79 Å². The Labute approximate surface area is 176 Å². The molecule has 2 aromatic heterocycles. The quantitative estimate of drug-likeness (QED) is 0.784. The van der Waals surface area contributed by atoms with Crippen LogP contribution in [0.4, 0.5) is 0 Å². The van der Waals surface area contributed by atoms with Gasteiger partial charge in [-0.05, 0) is 44.1 Å². The fraction of sp³-hybridized carbons (Fsp3) is 0.565. The Bertz CT molecular complexity index is 993. The number of amides is 1. The van der Waals surface area contributed by atoms with Gasteiger partial charge in [-0.3, -0.25) is 19.6 Å². The molecule has 4 saturated heterocycles. The molecule has 6 rings (SSSR count). The van der Waals surface area contributed by atoms with Crippen molar-refractivity contribution in [2.24, 2.45) is 5.92 Å². The third-order valence-electron chi connectivity index (χ3n) is 6.66. The van der Waals surface area contributed by atoms with Crippen LogP contribution in [-0.2, 0) is 4.74 Å². The van der Waals surface area contributed by atoms with Gasteiger partial charge in [-0.15, -0.1) is 0 Å². The lowest BCUT2D eigenvalue weighted by atomic mass is 9.80. The highest BCUT2D eigenvalue weighted by Gasteiger charge is 2.43. The van der Waals surface area contributed by atoms with E-state index in [2.05, 4.69) is 38.9 Å². The van der Waals surface area contributed by atoms with Crippen molar-refractivity contribution in [3.8, 4) is 11.8 Å². The first-order valence-corrected chi connectivity index (χ1v) is 10.9. The Morgan fingerprint density at radius 3 is 2.83 bits per heavy atom. The third kappa shape index (κ3) is 3.83. The molecule has 30 heavy (non-hydrogen) atoms. The van der Waals surface area contributed by atoms with Gasteiger partial charge in [-0.2, -0.15) is 0 Å². The molecule has 7 nitrogen and oxygen atoms in total. The standard InChI is InChI=1S/C23H28N4O3/c1-23(16-17-5-9-27(23)10-6-17)25-22(28)21-19-15-18(30-20(19)4-7-24-21)3-2-8-26-11-13-29-14-12-26/h4,7,15,17H,5-6,8-14,16H2,1H3,(H,25,28)/t23-/m0/s1. The van der Waals surface area contributed by atoms with Gasteiger partial charge >= 0.3 is 0 Å². The molecule has 0 unspecified atom stereocenters. The maximum absolute atomic E-state index is 13.1. The van der Waals surface area contributed by atoms with E-state index in [1.807, 2.05) is 6.07 Å². The average molecular weight is 409 g/mol. The minimum atomic E-state index is -0.299. The largest absolute Gasteiger partial charge is 0.448 e. The van der Waals surface area contributed by atoms with Crippen molar-refractivity contribution in [3.05, 3.63) is 29.8 Å². The molecule has 0 aromatic carbocycles. The highest BCUT2D eigenvalue weighted by Crippen LogP contribution is 2.37. The number of rotatable bonds is 3. The summed E-state index contributed by atoms with van der Waals surface area (Å²) in [6.07, 6.45) is 5.08. The summed E-state index contributed by atoms with van der Waals surface area (Å²) in [6.45, 7) is 8.23. The number of nitrogens with zero attached hydrogens (tertiary/aromatic N) is 3. The van der Waals surface area contributed by atoms with E-state index in [0.29, 0.717) is 34.9 Å². The average Bonchev–Trinajstić information content (AvgIpc) is 3.17. The molecule has 4 fully saturated rings. The molecule has 0 aliphatic carbocycles. The van der Waals surface area contributed by atoms with Gasteiger partial charge in [0.2, 0.25) is 0 Å². The summed E-state index contributed by atoms with van der Waals surface area (Å²) in [6, 6.07) is 3.62. The highest BCUT2D eigenvalue weighted by atomic mass is 16.5. The van der Waals surface area contributed by atoms with Crippen molar-refractivity contribution in [2.75, 3.05) is 45.9 Å². The number of fused-ring (bicyclic) bond motifs is 4. The summed E-state index contributed by atoms with van der Waals surface area (Å²) in [7, 11) is 0. The molecule has 2 aromatic rings. The number of piperidine rings is 3. The van der Waals surface area contributed by atoms with Crippen molar-refractivity contribution in [2.45, 2.75) is 31.8 Å². The molecule has 7 heteroatoms. The van der Waals surface area contributed by atoms with Crippen LogP contribution in [0.2, 0.25) is 0 Å². The first-order chi connectivity index (χ1) is 14.6. The monoisotopic (exact) mass is 408 g/mol. The Balaban J connectivity index is 1.33. The van der Waals surface area contributed by atoms with E-state index in [0.717, 1.165) is 45.8 Å². The Hall–Kier alpha value is -2.40. The number of pyridine rings is 1. The van der Waals surface area contributed by atoms with Crippen LogP contribution in [0.25, 0.3) is 11.0 Å². The van der Waals surface area contributed by atoms with Crippen molar-refractivity contribution < 1.29 is 13.9 Å². The van der Waals surface area contributed by atoms with E-state index < -0.39 is 0 Å². The fourth-order valence-electron chi connectivity index (χ4n) is 4.96. The predicted molar refractivity (Wildman–Crippen MR) is 113 cm³/mol. The van der Waals surface area contributed by atoms with Gasteiger partial charge < -0.3 is 14.5 Å². The second-order valence-electron chi connectivity index (χ2n) is 8.73. The van der Waals surface area contributed by atoms with Crippen LogP contribution in [0, 0.1) is 17.8 Å². The molecule has 0 radical (unpaired) electrons. The topological polar surface area (TPSA) is 70.8 Å². The second kappa shape index (κ2) is 8.03. The van der Waals surface area contributed by atoms with Crippen molar-refractivity contribution in [1.82, 2.24) is 20.1 Å². The number of hydrogen-bond donors (Lipinski definition) is 1. The summed E-state index contributed by atoms with van der Waals surface area (Å²) < 4.78 is 11.2. The van der Waals surface area contributed by atoms with Crippen LogP contribution < -0.4 is 5.32 Å². The van der Waals surface area contributed by atoms with Crippen LogP contribution >= 0.6 is 0 Å². The lowest BCUT2D eigenvalue weighted by Gasteiger charge is -2.52. The number of carbonyl (C=O) groups is 1. The summed E-state index contributed by atoms with van der Waals surface area (Å²) in [5.41, 5.74) is 0.745. The van der Waals surface area contributed by atoms with Gasteiger partial charge in [0, 0.05) is 38.4 Å². The number of aromatic nitrogens is 1. The zero-order valence-electron chi connectivity index (χ0n) is 17.4. The SMILES string of the molecule is C[C@@]1(NC(=O)c2nccc3oc(C#CCN4CCOCC4)cc23)CC2CCN1CC2. The van der Waals surface area contributed by atoms with E-state index in [1.165, 1.54) is 12.8 Å². The molecule has 1 amide bonds. The molecule has 0 saturated carbocycles. The van der Waals surface area contributed by atoms with Gasteiger partial charge in [0.1, 0.15) is 11.3 Å². The van der Waals surface area contributed by atoms with Gasteiger partial charge in [-0.25, -0.2) is 0 Å². The lowest BCUT2D eigenvalue weighted by molar-refractivity contribution is -0.0347. The number of ether oxygens (including phenoxy) is 1. The third-order valence-corrected chi connectivity index (χ3v) is 6.66. The van der Waals surface area contributed by atoms with Crippen LogP contribution in [0.3, 0.4) is 0 Å². The zero-order valence-corrected chi connectivity index (χ0v) is 17.4. The number of morpholine rings is 1. The molecule has 6 heterocycles. The molecule has 1 atom stereocenters. The van der Waals surface area contributed by atoms with Crippen molar-refractivity contribution in [1.29, 1.82) is 0 Å². The molecule has 2 bridgehead atoms. The number of furan rings is 1. The normalized spacial score (nSPS) is 28.8. The molecule has 0 spiro atoms. The first-order valence-electron chi connectivity index (χ1n) is 10.9.